The van der Waals surface area contributed by atoms with Gasteiger partial charge in [-0.15, -0.1) is 0 Å². The van der Waals surface area contributed by atoms with Gasteiger partial charge >= 0.3 is 0 Å². The molecule has 0 radical (unpaired) electrons. The minimum absolute atomic E-state index is 0.125. The first-order valence-corrected chi connectivity index (χ1v) is 8.55. The van der Waals surface area contributed by atoms with E-state index >= 15 is 0 Å². The molecular weight excluding hydrogens is 348 g/mol. The molecule has 1 aromatic carbocycles. The van der Waals surface area contributed by atoms with Crippen LogP contribution in [0.15, 0.2) is 40.3 Å². The molecule has 3 rings (SSSR count). The second-order valence-electron chi connectivity index (χ2n) is 5.29. The highest BCUT2D eigenvalue weighted by Crippen LogP contribution is 2.22. The van der Waals surface area contributed by atoms with Crippen molar-refractivity contribution in [1.29, 1.82) is 0 Å². The zero-order chi connectivity index (χ0) is 17.3. The van der Waals surface area contributed by atoms with Crippen LogP contribution in [0.1, 0.15) is 5.69 Å². The van der Waals surface area contributed by atoms with Crippen LogP contribution >= 0.6 is 23.4 Å². The molecule has 0 unspecified atom stereocenters. The van der Waals surface area contributed by atoms with Crippen LogP contribution in [0.5, 0.6) is 0 Å². The Kier molecular flexibility index (Phi) is 4.64. The molecule has 0 fully saturated rings. The minimum Gasteiger partial charge on any atom is -0.353 e. The Morgan fingerprint density at radius 3 is 2.92 bits per heavy atom. The summed E-state index contributed by atoms with van der Waals surface area (Å²) in [6, 6.07) is 8.83. The third-order valence-electron chi connectivity index (χ3n) is 3.43. The first-order chi connectivity index (χ1) is 11.5. The van der Waals surface area contributed by atoms with E-state index < -0.39 is 0 Å². The SMILES string of the molecule is Cc1cc2nc(SCC(=O)Nc3ccccc3Cl)n(C)c(=O)c2[nH]1. The number of benzene rings is 1. The van der Waals surface area contributed by atoms with Crippen LogP contribution in [-0.4, -0.2) is 26.2 Å². The van der Waals surface area contributed by atoms with E-state index in [9.17, 15) is 9.59 Å². The van der Waals surface area contributed by atoms with E-state index in [4.69, 9.17) is 11.6 Å². The molecule has 1 amide bonds. The Morgan fingerprint density at radius 2 is 2.17 bits per heavy atom. The molecule has 2 N–H and O–H groups in total. The number of hydrogen-bond acceptors (Lipinski definition) is 4. The molecule has 2 aromatic heterocycles. The number of H-pyrrole nitrogens is 1. The van der Waals surface area contributed by atoms with Crippen molar-refractivity contribution in [3.05, 3.63) is 51.4 Å². The highest BCUT2D eigenvalue weighted by molar-refractivity contribution is 7.99. The van der Waals surface area contributed by atoms with Crippen molar-refractivity contribution in [2.75, 3.05) is 11.1 Å². The van der Waals surface area contributed by atoms with Crippen LogP contribution in [0.2, 0.25) is 5.02 Å². The van der Waals surface area contributed by atoms with Crippen molar-refractivity contribution < 1.29 is 4.79 Å². The van der Waals surface area contributed by atoms with Crippen LogP contribution in [-0.2, 0) is 11.8 Å². The molecule has 0 aliphatic heterocycles. The van der Waals surface area contributed by atoms with Crippen molar-refractivity contribution in [2.24, 2.45) is 7.05 Å². The fourth-order valence-corrected chi connectivity index (χ4v) is 3.22. The van der Waals surface area contributed by atoms with Gasteiger partial charge in [-0.05, 0) is 25.1 Å². The number of nitrogens with zero attached hydrogens (tertiary/aromatic N) is 2. The third kappa shape index (κ3) is 3.32. The average molecular weight is 363 g/mol. The number of aromatic nitrogens is 3. The summed E-state index contributed by atoms with van der Waals surface area (Å²) in [6.45, 7) is 1.87. The van der Waals surface area contributed by atoms with Crippen molar-refractivity contribution >= 4 is 46.0 Å². The number of nitrogens with one attached hydrogen (secondary N) is 2. The molecular formula is C16H15ClN4O2S. The number of aromatic amines is 1. The highest BCUT2D eigenvalue weighted by atomic mass is 35.5. The van der Waals surface area contributed by atoms with E-state index in [-0.39, 0.29) is 17.2 Å². The van der Waals surface area contributed by atoms with Gasteiger partial charge in [0.25, 0.3) is 5.56 Å². The quantitative estimate of drug-likeness (QED) is 0.552. The summed E-state index contributed by atoms with van der Waals surface area (Å²) in [6.07, 6.45) is 0. The molecule has 0 aliphatic rings. The van der Waals surface area contributed by atoms with Gasteiger partial charge in [-0.1, -0.05) is 35.5 Å². The Hall–Kier alpha value is -2.25. The maximum absolute atomic E-state index is 12.3. The molecule has 6 nitrogen and oxygen atoms in total. The van der Waals surface area contributed by atoms with Gasteiger partial charge in [0.2, 0.25) is 5.91 Å². The van der Waals surface area contributed by atoms with Crippen LogP contribution in [0.25, 0.3) is 11.0 Å². The topological polar surface area (TPSA) is 79.8 Å². The number of amides is 1. The number of carbonyl (C=O) groups is 1. The summed E-state index contributed by atoms with van der Waals surface area (Å²) in [5.41, 5.74) is 2.34. The molecule has 24 heavy (non-hydrogen) atoms. The van der Waals surface area contributed by atoms with Gasteiger partial charge in [0.05, 0.1) is 22.0 Å². The van der Waals surface area contributed by atoms with Crippen LogP contribution in [0, 0.1) is 6.92 Å². The lowest BCUT2D eigenvalue weighted by atomic mass is 10.3. The maximum Gasteiger partial charge on any atom is 0.278 e. The van der Waals surface area contributed by atoms with E-state index in [0.29, 0.717) is 26.9 Å². The van der Waals surface area contributed by atoms with Crippen LogP contribution < -0.4 is 10.9 Å². The Morgan fingerprint density at radius 1 is 1.42 bits per heavy atom. The fourth-order valence-electron chi connectivity index (χ4n) is 2.27. The third-order valence-corrected chi connectivity index (χ3v) is 4.79. The molecule has 3 aromatic rings. The highest BCUT2D eigenvalue weighted by Gasteiger charge is 2.13. The number of halogens is 1. The first-order valence-electron chi connectivity index (χ1n) is 7.19. The van der Waals surface area contributed by atoms with E-state index in [1.165, 1.54) is 16.3 Å². The molecule has 0 spiro atoms. The number of fused-ring (bicyclic) bond motifs is 1. The number of rotatable bonds is 4. The van der Waals surface area contributed by atoms with Crippen molar-refractivity contribution in [1.82, 2.24) is 14.5 Å². The van der Waals surface area contributed by atoms with Crippen molar-refractivity contribution in [3.8, 4) is 0 Å². The lowest BCUT2D eigenvalue weighted by Crippen LogP contribution is -2.21. The minimum atomic E-state index is -0.215. The first kappa shape index (κ1) is 16.6. The predicted octanol–water partition coefficient (Wildman–Crippen LogP) is 2.95. The van der Waals surface area contributed by atoms with Crippen molar-refractivity contribution in [3.63, 3.8) is 0 Å². The fraction of sp³-hybridized carbons (Fsp3) is 0.188. The number of aryl methyl sites for hydroxylation is 1. The van der Waals surface area contributed by atoms with E-state index in [2.05, 4.69) is 15.3 Å². The van der Waals surface area contributed by atoms with Crippen LogP contribution in [0.4, 0.5) is 5.69 Å². The zero-order valence-electron chi connectivity index (χ0n) is 13.1. The molecule has 0 saturated carbocycles. The second-order valence-corrected chi connectivity index (χ2v) is 6.64. The zero-order valence-corrected chi connectivity index (χ0v) is 14.7. The van der Waals surface area contributed by atoms with Crippen LogP contribution in [0.3, 0.4) is 0 Å². The lowest BCUT2D eigenvalue weighted by molar-refractivity contribution is -0.113. The Labute approximate surface area is 147 Å². The summed E-state index contributed by atoms with van der Waals surface area (Å²) in [4.78, 5) is 31.8. The van der Waals surface area contributed by atoms with E-state index in [1.54, 1.807) is 31.3 Å². The number of anilines is 1. The summed E-state index contributed by atoms with van der Waals surface area (Å²) in [7, 11) is 1.64. The maximum atomic E-state index is 12.3. The normalized spacial score (nSPS) is 11.0. The molecule has 0 atom stereocenters. The monoisotopic (exact) mass is 362 g/mol. The van der Waals surface area contributed by atoms with E-state index in [0.717, 1.165) is 5.69 Å². The van der Waals surface area contributed by atoms with Gasteiger partial charge in [-0.25, -0.2) is 4.98 Å². The Bertz CT molecular complexity index is 980. The molecule has 0 aliphatic carbocycles. The molecule has 124 valence electrons. The summed E-state index contributed by atoms with van der Waals surface area (Å²) >= 11 is 7.22. The number of thioether (sulfide) groups is 1. The van der Waals surface area contributed by atoms with Gasteiger partial charge in [-0.2, -0.15) is 0 Å². The Balaban J connectivity index is 1.76. The molecule has 2 heterocycles. The van der Waals surface area contributed by atoms with Gasteiger partial charge in [0.1, 0.15) is 5.52 Å². The summed E-state index contributed by atoms with van der Waals surface area (Å²) < 4.78 is 1.44. The smallest absolute Gasteiger partial charge is 0.278 e. The van der Waals surface area contributed by atoms with E-state index in [1.807, 2.05) is 13.0 Å². The number of para-hydroxylation sites is 1. The summed E-state index contributed by atoms with van der Waals surface area (Å²) in [5, 5.41) is 3.71. The number of hydrogen-bond donors (Lipinski definition) is 2. The molecule has 8 heteroatoms. The largest absolute Gasteiger partial charge is 0.353 e. The van der Waals surface area contributed by atoms with Gasteiger partial charge < -0.3 is 10.3 Å². The van der Waals surface area contributed by atoms with Gasteiger partial charge in [-0.3, -0.25) is 14.2 Å². The van der Waals surface area contributed by atoms with Crippen molar-refractivity contribution in [2.45, 2.75) is 12.1 Å². The predicted molar refractivity (Wildman–Crippen MR) is 96.9 cm³/mol. The lowest BCUT2D eigenvalue weighted by Gasteiger charge is -2.08. The molecule has 0 saturated heterocycles. The average Bonchev–Trinajstić information content (AvgIpc) is 2.92. The standard InChI is InChI=1S/C16H15ClN4O2S/c1-9-7-12-14(18-9)15(23)21(2)16(20-12)24-8-13(22)19-11-6-4-3-5-10(11)17/h3-7,18H,8H2,1-2H3,(H,19,22). The van der Waals surface area contributed by atoms with Gasteiger partial charge in [0.15, 0.2) is 5.16 Å². The number of carbonyl (C=O) groups excluding carboxylic acids is 1. The van der Waals surface area contributed by atoms with Gasteiger partial charge in [0, 0.05) is 12.7 Å². The second kappa shape index (κ2) is 6.70. The molecule has 0 bridgehead atoms. The summed E-state index contributed by atoms with van der Waals surface area (Å²) in [5.74, 6) is -0.0897.